The molecule has 1 heterocycles. The number of aromatic hydroxyl groups is 1. The molecule has 172 valence electrons. The molecular weight excluding hydrogens is 418 g/mol. The van der Waals surface area contributed by atoms with Crippen molar-refractivity contribution in [1.82, 2.24) is 9.99 Å². The Morgan fingerprint density at radius 1 is 1.15 bits per heavy atom. The number of rotatable bonds is 7. The van der Waals surface area contributed by atoms with E-state index in [4.69, 9.17) is 4.74 Å². The van der Waals surface area contributed by atoms with Crippen LogP contribution in [-0.4, -0.2) is 28.4 Å². The summed E-state index contributed by atoms with van der Waals surface area (Å²) in [4.78, 5) is 25.4. The molecular formula is C26H29N3O4. The molecule has 0 saturated carbocycles. The molecule has 0 radical (unpaired) electrons. The molecule has 7 nitrogen and oxygen atoms in total. The topological polar surface area (TPSA) is 92.9 Å². The molecule has 0 fully saturated rings. The Hall–Kier alpha value is -3.87. The van der Waals surface area contributed by atoms with Gasteiger partial charge in [0.15, 0.2) is 11.5 Å². The lowest BCUT2D eigenvalue weighted by Gasteiger charge is -2.19. The zero-order chi connectivity index (χ0) is 24.0. The van der Waals surface area contributed by atoms with Crippen molar-refractivity contribution in [1.29, 1.82) is 0 Å². The van der Waals surface area contributed by atoms with E-state index >= 15 is 0 Å². The highest BCUT2D eigenvalue weighted by molar-refractivity contribution is 5.94. The molecule has 7 heteroatoms. The van der Waals surface area contributed by atoms with E-state index in [2.05, 4.69) is 43.4 Å². The minimum absolute atomic E-state index is 0.00155. The molecule has 3 rings (SSSR count). The van der Waals surface area contributed by atoms with Gasteiger partial charge >= 0.3 is 0 Å². The first-order valence-corrected chi connectivity index (χ1v) is 10.8. The standard InChI is InChI=1S/C26H29N3O4/c1-5-33-23-15-19(10-13-22(23)30)16-27-28-24(31)21-7-6-14-29(25(21)32)17-18-8-11-20(12-9-18)26(2,3)4/h6-16,30H,5,17H2,1-4H3,(H,28,31)/b27-16-. The number of phenolic OH excluding ortho intramolecular Hbond substituents is 1. The van der Waals surface area contributed by atoms with E-state index in [0.29, 0.717) is 24.5 Å². The number of pyridine rings is 1. The van der Waals surface area contributed by atoms with Crippen LogP contribution < -0.4 is 15.7 Å². The predicted octanol–water partition coefficient (Wildman–Crippen LogP) is 4.06. The number of nitrogens with one attached hydrogen (secondary N) is 1. The minimum atomic E-state index is -0.600. The molecule has 0 aliphatic carbocycles. The molecule has 0 aliphatic rings. The van der Waals surface area contributed by atoms with Crippen molar-refractivity contribution in [2.45, 2.75) is 39.7 Å². The van der Waals surface area contributed by atoms with Crippen molar-refractivity contribution in [3.05, 3.63) is 93.4 Å². The third-order valence-corrected chi connectivity index (χ3v) is 5.10. The van der Waals surface area contributed by atoms with Crippen LogP contribution >= 0.6 is 0 Å². The second-order valence-corrected chi connectivity index (χ2v) is 8.66. The van der Waals surface area contributed by atoms with Crippen molar-refractivity contribution in [2.75, 3.05) is 6.61 Å². The van der Waals surface area contributed by atoms with Gasteiger partial charge in [0, 0.05) is 6.20 Å². The number of aromatic nitrogens is 1. The third-order valence-electron chi connectivity index (χ3n) is 5.10. The lowest BCUT2D eigenvalue weighted by Crippen LogP contribution is -2.30. The summed E-state index contributed by atoms with van der Waals surface area (Å²) in [6, 6.07) is 16.0. The van der Waals surface area contributed by atoms with Crippen molar-refractivity contribution in [3.8, 4) is 11.5 Å². The van der Waals surface area contributed by atoms with E-state index in [1.165, 1.54) is 28.5 Å². The Morgan fingerprint density at radius 2 is 1.88 bits per heavy atom. The van der Waals surface area contributed by atoms with Crippen LogP contribution in [0, 0.1) is 0 Å². The number of carbonyl (C=O) groups is 1. The highest BCUT2D eigenvalue weighted by Gasteiger charge is 2.14. The van der Waals surface area contributed by atoms with E-state index in [1.54, 1.807) is 24.4 Å². The quantitative estimate of drug-likeness (QED) is 0.422. The SMILES string of the molecule is CCOc1cc(/C=N\NC(=O)c2cccn(Cc3ccc(C(C)(C)C)cc3)c2=O)ccc1O. The maximum absolute atomic E-state index is 12.8. The van der Waals surface area contributed by atoms with Crippen molar-refractivity contribution < 1.29 is 14.6 Å². The van der Waals surface area contributed by atoms with Gasteiger partial charge in [-0.1, -0.05) is 45.0 Å². The number of benzene rings is 2. The molecule has 1 amide bonds. The van der Waals surface area contributed by atoms with Crippen LogP contribution in [0.1, 0.15) is 54.7 Å². The number of amides is 1. The highest BCUT2D eigenvalue weighted by Crippen LogP contribution is 2.26. The van der Waals surface area contributed by atoms with E-state index in [1.807, 2.05) is 19.1 Å². The lowest BCUT2D eigenvalue weighted by atomic mass is 9.87. The molecule has 0 bridgehead atoms. The first-order valence-electron chi connectivity index (χ1n) is 10.8. The Bertz CT molecular complexity index is 1210. The summed E-state index contributed by atoms with van der Waals surface area (Å²) in [6.45, 7) is 9.03. The van der Waals surface area contributed by atoms with Crippen LogP contribution in [0.15, 0.2) is 70.7 Å². The smallest absolute Gasteiger partial charge is 0.276 e. The van der Waals surface area contributed by atoms with E-state index in [0.717, 1.165) is 5.56 Å². The summed E-state index contributed by atoms with van der Waals surface area (Å²) in [6.07, 6.45) is 3.07. The number of phenols is 1. The fraction of sp³-hybridized carbons (Fsp3) is 0.269. The molecule has 0 saturated heterocycles. The van der Waals surface area contributed by atoms with Crippen LogP contribution in [-0.2, 0) is 12.0 Å². The van der Waals surface area contributed by atoms with Gasteiger partial charge < -0.3 is 14.4 Å². The zero-order valence-electron chi connectivity index (χ0n) is 19.3. The summed E-state index contributed by atoms with van der Waals surface area (Å²) < 4.78 is 6.83. The second-order valence-electron chi connectivity index (χ2n) is 8.66. The van der Waals surface area contributed by atoms with Crippen LogP contribution in [0.2, 0.25) is 0 Å². The number of carbonyl (C=O) groups excluding carboxylic acids is 1. The monoisotopic (exact) mass is 447 g/mol. The van der Waals surface area contributed by atoms with Crippen LogP contribution in [0.5, 0.6) is 11.5 Å². The van der Waals surface area contributed by atoms with Crippen LogP contribution in [0.25, 0.3) is 0 Å². The normalized spacial score (nSPS) is 11.5. The average Bonchev–Trinajstić information content (AvgIpc) is 2.77. The average molecular weight is 448 g/mol. The third kappa shape index (κ3) is 6.10. The van der Waals surface area contributed by atoms with Gasteiger partial charge in [-0.25, -0.2) is 5.43 Å². The molecule has 0 spiro atoms. The molecule has 3 aromatic rings. The molecule has 0 aliphatic heterocycles. The van der Waals surface area contributed by atoms with E-state index < -0.39 is 11.5 Å². The fourth-order valence-electron chi connectivity index (χ4n) is 3.25. The largest absolute Gasteiger partial charge is 0.504 e. The molecule has 1 aromatic heterocycles. The summed E-state index contributed by atoms with van der Waals surface area (Å²) in [7, 11) is 0. The Balaban J connectivity index is 1.71. The Labute approximate surface area is 193 Å². The molecule has 33 heavy (non-hydrogen) atoms. The van der Waals surface area contributed by atoms with Crippen LogP contribution in [0.4, 0.5) is 0 Å². The summed E-state index contributed by atoms with van der Waals surface area (Å²) in [5.74, 6) is -0.248. The number of ether oxygens (including phenoxy) is 1. The Morgan fingerprint density at radius 3 is 2.55 bits per heavy atom. The van der Waals surface area contributed by atoms with Crippen molar-refractivity contribution in [2.24, 2.45) is 5.10 Å². The minimum Gasteiger partial charge on any atom is -0.504 e. The predicted molar refractivity (Wildman–Crippen MR) is 129 cm³/mol. The van der Waals surface area contributed by atoms with Gasteiger partial charge in [0.1, 0.15) is 5.56 Å². The van der Waals surface area contributed by atoms with Gasteiger partial charge in [0.25, 0.3) is 11.5 Å². The Kier molecular flexibility index (Phi) is 7.33. The second kappa shape index (κ2) is 10.2. The number of hydrogen-bond donors (Lipinski definition) is 2. The van der Waals surface area contributed by atoms with Crippen molar-refractivity contribution in [3.63, 3.8) is 0 Å². The first-order chi connectivity index (χ1) is 15.7. The number of hydrazone groups is 1. The van der Waals surface area contributed by atoms with E-state index in [-0.39, 0.29) is 16.7 Å². The fourth-order valence-corrected chi connectivity index (χ4v) is 3.25. The summed E-state index contributed by atoms with van der Waals surface area (Å²) in [5, 5.41) is 13.7. The van der Waals surface area contributed by atoms with Gasteiger partial charge in [0.05, 0.1) is 19.4 Å². The highest BCUT2D eigenvalue weighted by atomic mass is 16.5. The van der Waals surface area contributed by atoms with Crippen LogP contribution in [0.3, 0.4) is 0 Å². The first kappa shape index (κ1) is 23.8. The van der Waals surface area contributed by atoms with Gasteiger partial charge in [0.2, 0.25) is 0 Å². The lowest BCUT2D eigenvalue weighted by molar-refractivity contribution is 0.0953. The number of hydrogen-bond acceptors (Lipinski definition) is 5. The van der Waals surface area contributed by atoms with Gasteiger partial charge in [-0.05, 0) is 59.4 Å². The number of nitrogens with zero attached hydrogens (tertiary/aromatic N) is 2. The molecule has 2 N–H and O–H groups in total. The maximum atomic E-state index is 12.8. The summed E-state index contributed by atoms with van der Waals surface area (Å²) >= 11 is 0. The van der Waals surface area contributed by atoms with Crippen molar-refractivity contribution >= 4 is 12.1 Å². The molecule has 0 unspecified atom stereocenters. The van der Waals surface area contributed by atoms with Gasteiger partial charge in [-0.3, -0.25) is 9.59 Å². The molecule has 2 aromatic carbocycles. The van der Waals surface area contributed by atoms with E-state index in [9.17, 15) is 14.7 Å². The zero-order valence-corrected chi connectivity index (χ0v) is 19.3. The van der Waals surface area contributed by atoms with Gasteiger partial charge in [-0.15, -0.1) is 0 Å². The summed E-state index contributed by atoms with van der Waals surface area (Å²) in [5.41, 5.74) is 4.85. The maximum Gasteiger partial charge on any atom is 0.276 e. The van der Waals surface area contributed by atoms with Gasteiger partial charge in [-0.2, -0.15) is 5.10 Å². The molecule has 0 atom stereocenters.